The van der Waals surface area contributed by atoms with Crippen molar-refractivity contribution in [3.8, 4) is 23.0 Å². The number of aromatic nitrogens is 1. The number of alkyl halides is 1. The highest BCUT2D eigenvalue weighted by Crippen LogP contribution is 2.38. The molecule has 230 valence electrons. The Hall–Kier alpha value is -4.77. The molecule has 44 heavy (non-hydrogen) atoms. The molecule has 9 nitrogen and oxygen atoms in total. The summed E-state index contributed by atoms with van der Waals surface area (Å²) in [5, 5.41) is 5.46. The van der Waals surface area contributed by atoms with Gasteiger partial charge in [0.05, 0.1) is 19.2 Å². The van der Waals surface area contributed by atoms with Crippen molar-refractivity contribution in [2.45, 2.75) is 26.1 Å². The van der Waals surface area contributed by atoms with Gasteiger partial charge in [-0.2, -0.15) is 0 Å². The van der Waals surface area contributed by atoms with Crippen molar-refractivity contribution >= 4 is 28.4 Å². The van der Waals surface area contributed by atoms with E-state index in [2.05, 4.69) is 27.6 Å². The fraction of sp³-hybridized carbons (Fsp3) is 0.303. The minimum atomic E-state index is -0.959. The highest BCUT2D eigenvalue weighted by molar-refractivity contribution is 6.39. The monoisotopic (exact) mass is 604 g/mol. The van der Waals surface area contributed by atoms with Crippen LogP contribution in [-0.2, 0) is 22.8 Å². The van der Waals surface area contributed by atoms with Gasteiger partial charge in [0.25, 0.3) is 0 Å². The van der Waals surface area contributed by atoms with E-state index >= 15 is 4.39 Å². The molecule has 5 rings (SSSR count). The van der Waals surface area contributed by atoms with E-state index in [1.807, 2.05) is 0 Å². The Labute approximate surface area is 254 Å². The van der Waals surface area contributed by atoms with Crippen molar-refractivity contribution in [1.29, 1.82) is 0 Å². The molecule has 1 aliphatic rings. The molecule has 1 aliphatic heterocycles. The number of hydrogen-bond acceptors (Lipinski definition) is 7. The number of carbonyl (C=O) groups excluding carboxylic acids is 2. The van der Waals surface area contributed by atoms with Gasteiger partial charge in [-0.05, 0) is 74.3 Å². The van der Waals surface area contributed by atoms with Gasteiger partial charge in [0.1, 0.15) is 12.4 Å². The number of hydrogen-bond donors (Lipinski definition) is 2. The van der Waals surface area contributed by atoms with Gasteiger partial charge in [0.15, 0.2) is 23.1 Å². The van der Waals surface area contributed by atoms with E-state index in [1.165, 1.54) is 12.1 Å². The molecule has 0 radical (unpaired) electrons. The van der Waals surface area contributed by atoms with Crippen LogP contribution in [0.15, 0.2) is 66.9 Å². The van der Waals surface area contributed by atoms with E-state index < -0.39 is 24.3 Å². The van der Waals surface area contributed by atoms with E-state index in [4.69, 9.17) is 14.2 Å². The third kappa shape index (κ3) is 7.59. The lowest BCUT2D eigenvalue weighted by atomic mass is 9.98. The fourth-order valence-electron chi connectivity index (χ4n) is 4.90. The topological polar surface area (TPSA) is 102 Å². The molecule has 11 heteroatoms. The first-order chi connectivity index (χ1) is 21.3. The smallest absolute Gasteiger partial charge is 0.313 e. The Balaban J connectivity index is 1.22. The van der Waals surface area contributed by atoms with Crippen molar-refractivity contribution in [3.05, 3.63) is 83.8 Å². The van der Waals surface area contributed by atoms with Crippen molar-refractivity contribution in [2.75, 3.05) is 39.2 Å². The Morgan fingerprint density at radius 3 is 2.39 bits per heavy atom. The number of likely N-dealkylation sites (tertiary alicyclic amines) is 1. The van der Waals surface area contributed by atoms with E-state index in [0.29, 0.717) is 51.8 Å². The number of methoxy groups -OCH3 is 1. The first-order valence-corrected chi connectivity index (χ1v) is 14.3. The van der Waals surface area contributed by atoms with Crippen molar-refractivity contribution < 1.29 is 32.6 Å². The number of benzene rings is 3. The summed E-state index contributed by atoms with van der Waals surface area (Å²) in [7, 11) is 3.67. The van der Waals surface area contributed by atoms with Gasteiger partial charge in [-0.15, -0.1) is 0 Å². The number of nitrogens with zero attached hydrogens (tertiary/aromatic N) is 2. The van der Waals surface area contributed by atoms with Gasteiger partial charge in [0.2, 0.25) is 0 Å². The molecule has 1 saturated heterocycles. The molecule has 1 aromatic heterocycles. The third-order valence-electron chi connectivity index (χ3n) is 7.55. The molecule has 0 unspecified atom stereocenters. The molecule has 4 aromatic rings. The van der Waals surface area contributed by atoms with Gasteiger partial charge in [0, 0.05) is 35.9 Å². The third-order valence-corrected chi connectivity index (χ3v) is 7.55. The number of rotatable bonds is 10. The average molecular weight is 605 g/mol. The van der Waals surface area contributed by atoms with Crippen LogP contribution in [0.5, 0.6) is 23.0 Å². The summed E-state index contributed by atoms with van der Waals surface area (Å²) in [6.07, 6.45) is 3.70. The van der Waals surface area contributed by atoms with Crippen LogP contribution in [0, 0.1) is 11.7 Å². The van der Waals surface area contributed by atoms with Gasteiger partial charge in [-0.25, -0.2) is 8.78 Å². The number of halogens is 2. The zero-order valence-corrected chi connectivity index (χ0v) is 24.6. The van der Waals surface area contributed by atoms with Crippen LogP contribution in [-0.4, -0.2) is 55.6 Å². The Morgan fingerprint density at radius 2 is 1.68 bits per heavy atom. The van der Waals surface area contributed by atoms with Crippen LogP contribution >= 0.6 is 0 Å². The predicted molar refractivity (Wildman–Crippen MR) is 162 cm³/mol. The number of nitrogens with one attached hydrogen (secondary N) is 2. The maximum Gasteiger partial charge on any atom is 0.313 e. The number of pyridine rings is 1. The summed E-state index contributed by atoms with van der Waals surface area (Å²) in [5.74, 6) is -0.780. The lowest BCUT2D eigenvalue weighted by Gasteiger charge is -2.28. The number of carbonyl (C=O) groups is 2. The molecule has 0 saturated carbocycles. The Bertz CT molecular complexity index is 1630. The minimum absolute atomic E-state index is 0.0787. The summed E-state index contributed by atoms with van der Waals surface area (Å²) in [4.78, 5) is 31.3. The summed E-state index contributed by atoms with van der Waals surface area (Å²) < 4.78 is 45.4. The first-order valence-electron chi connectivity index (χ1n) is 14.3. The largest absolute Gasteiger partial charge is 0.493 e. The number of amides is 2. The second-order valence-corrected chi connectivity index (χ2v) is 10.7. The van der Waals surface area contributed by atoms with E-state index in [0.717, 1.165) is 32.0 Å². The molecule has 2 heterocycles. The number of anilines is 1. The number of fused-ring (bicyclic) bond motifs is 1. The Morgan fingerprint density at radius 1 is 0.932 bits per heavy atom. The molecular weight excluding hydrogens is 570 g/mol. The maximum atomic E-state index is 15.1. The van der Waals surface area contributed by atoms with Crippen LogP contribution in [0.3, 0.4) is 0 Å². The number of piperidine rings is 1. The highest BCUT2D eigenvalue weighted by atomic mass is 19.1. The van der Waals surface area contributed by atoms with E-state index in [1.54, 1.807) is 55.8 Å². The number of ether oxygens (including phenoxy) is 3. The Kier molecular flexibility index (Phi) is 9.86. The van der Waals surface area contributed by atoms with E-state index in [9.17, 15) is 14.0 Å². The highest BCUT2D eigenvalue weighted by Gasteiger charge is 2.20. The molecule has 2 N–H and O–H groups in total. The van der Waals surface area contributed by atoms with Gasteiger partial charge in [-0.1, -0.05) is 24.3 Å². The van der Waals surface area contributed by atoms with Crippen LogP contribution in [0.1, 0.15) is 24.0 Å². The second kappa shape index (κ2) is 14.1. The quantitative estimate of drug-likeness (QED) is 0.227. The lowest BCUT2D eigenvalue weighted by molar-refractivity contribution is -0.136. The molecule has 0 aliphatic carbocycles. The predicted octanol–water partition coefficient (Wildman–Crippen LogP) is 5.62. The molecule has 2 amide bonds. The van der Waals surface area contributed by atoms with Crippen LogP contribution in [0.4, 0.5) is 14.5 Å². The fourth-order valence-corrected chi connectivity index (χ4v) is 4.90. The first kappa shape index (κ1) is 30.7. The molecule has 0 bridgehead atoms. The zero-order valence-electron chi connectivity index (χ0n) is 24.6. The summed E-state index contributed by atoms with van der Waals surface area (Å²) >= 11 is 0. The van der Waals surface area contributed by atoms with Crippen molar-refractivity contribution in [2.24, 2.45) is 5.92 Å². The van der Waals surface area contributed by atoms with Crippen LogP contribution < -0.4 is 24.8 Å². The van der Waals surface area contributed by atoms with E-state index in [-0.39, 0.29) is 18.0 Å². The van der Waals surface area contributed by atoms with Gasteiger partial charge in [-0.3, -0.25) is 14.6 Å². The van der Waals surface area contributed by atoms with Gasteiger partial charge >= 0.3 is 11.8 Å². The second-order valence-electron chi connectivity index (χ2n) is 10.7. The standard InChI is InChI=1S/C33H34F2N4O5/c1-39-13-10-23(11-14-39)20-43-31-17-27-25(16-30(31)42-2)28(9-12-36-27)44-29-8-7-24(15-26(29)35)38-33(41)32(40)37-19-22-5-3-21(18-34)4-6-22/h3-9,12,15-17,23H,10-11,13-14,18-20H2,1-2H3,(H,37,40)(H,38,41). The molecule has 3 aromatic carbocycles. The lowest BCUT2D eigenvalue weighted by Crippen LogP contribution is -2.34. The molecular formula is C33H34F2N4O5. The maximum absolute atomic E-state index is 15.1. The van der Waals surface area contributed by atoms with Crippen molar-refractivity contribution in [1.82, 2.24) is 15.2 Å². The minimum Gasteiger partial charge on any atom is -0.493 e. The average Bonchev–Trinajstić information content (AvgIpc) is 3.04. The summed E-state index contributed by atoms with van der Waals surface area (Å²) in [6.45, 7) is 2.17. The van der Waals surface area contributed by atoms with Crippen LogP contribution in [0.2, 0.25) is 0 Å². The zero-order chi connectivity index (χ0) is 31.1. The summed E-state index contributed by atoms with van der Waals surface area (Å²) in [6, 6.07) is 15.5. The normalized spacial score (nSPS) is 13.8. The molecule has 0 atom stereocenters. The van der Waals surface area contributed by atoms with Gasteiger partial charge < -0.3 is 29.7 Å². The van der Waals surface area contributed by atoms with Crippen LogP contribution in [0.25, 0.3) is 10.9 Å². The SMILES string of the molecule is COc1cc2c(Oc3ccc(NC(=O)C(=O)NCc4ccc(CF)cc4)cc3F)ccnc2cc1OCC1CCN(C)CC1. The molecule has 0 spiro atoms. The molecule has 1 fully saturated rings. The van der Waals surface area contributed by atoms with Crippen molar-refractivity contribution in [3.63, 3.8) is 0 Å². The summed E-state index contributed by atoms with van der Waals surface area (Å²) in [5.41, 5.74) is 1.89.